The van der Waals surface area contributed by atoms with Crippen molar-refractivity contribution in [2.24, 2.45) is 0 Å². The van der Waals surface area contributed by atoms with Crippen LogP contribution < -0.4 is 5.32 Å². The van der Waals surface area contributed by atoms with Gasteiger partial charge in [-0.3, -0.25) is 4.90 Å². The second kappa shape index (κ2) is 7.30. The lowest BCUT2D eigenvalue weighted by molar-refractivity contribution is 0.190. The molecule has 1 saturated heterocycles. The molecular weight excluding hydrogens is 342 g/mol. The minimum Gasteiger partial charge on any atom is -0.334 e. The summed E-state index contributed by atoms with van der Waals surface area (Å²) in [5, 5.41) is 11.7. The van der Waals surface area contributed by atoms with Crippen LogP contribution in [0.2, 0.25) is 0 Å². The summed E-state index contributed by atoms with van der Waals surface area (Å²) in [6, 6.07) is 6.12. The van der Waals surface area contributed by atoms with Crippen LogP contribution in [0.5, 0.6) is 0 Å². The molecule has 3 aromatic rings. The van der Waals surface area contributed by atoms with Gasteiger partial charge in [0.05, 0.1) is 11.7 Å². The van der Waals surface area contributed by atoms with Gasteiger partial charge in [-0.25, -0.2) is 9.67 Å². The summed E-state index contributed by atoms with van der Waals surface area (Å²) in [6.45, 7) is 4.82. The van der Waals surface area contributed by atoms with Gasteiger partial charge >= 0.3 is 0 Å². The first-order valence-corrected chi connectivity index (χ1v) is 7.93. The first-order valence-electron chi connectivity index (χ1n) is 7.93. The molecule has 2 aromatic heterocycles. The van der Waals surface area contributed by atoms with Gasteiger partial charge in [-0.15, -0.1) is 12.4 Å². The van der Waals surface area contributed by atoms with Crippen molar-refractivity contribution in [1.29, 1.82) is 0 Å². The number of aryl methyl sites for hydroxylation is 1. The quantitative estimate of drug-likeness (QED) is 0.758. The van der Waals surface area contributed by atoms with Crippen LogP contribution in [0.15, 0.2) is 35.4 Å². The highest BCUT2D eigenvalue weighted by Gasteiger charge is 2.25. The van der Waals surface area contributed by atoms with E-state index in [1.54, 1.807) is 11.0 Å². The fourth-order valence-electron chi connectivity index (χ4n) is 2.96. The van der Waals surface area contributed by atoms with E-state index in [2.05, 4.69) is 37.5 Å². The Labute approximate surface area is 151 Å². The van der Waals surface area contributed by atoms with E-state index in [-0.39, 0.29) is 18.4 Å². The maximum Gasteiger partial charge on any atom is 0.257 e. The number of benzene rings is 1. The van der Waals surface area contributed by atoms with E-state index in [0.717, 1.165) is 42.3 Å². The molecule has 1 aliphatic rings. The van der Waals surface area contributed by atoms with Crippen molar-refractivity contribution in [2.45, 2.75) is 13.0 Å². The zero-order chi connectivity index (χ0) is 16.5. The Bertz CT molecular complexity index is 833. The highest BCUT2D eigenvalue weighted by molar-refractivity contribution is 5.85. The van der Waals surface area contributed by atoms with E-state index < -0.39 is 0 Å². The van der Waals surface area contributed by atoms with E-state index in [1.165, 1.54) is 6.33 Å². The molecule has 1 aliphatic heterocycles. The summed E-state index contributed by atoms with van der Waals surface area (Å²) < 4.78 is 7.22. The Balaban J connectivity index is 0.00000182. The molecule has 1 unspecified atom stereocenters. The van der Waals surface area contributed by atoms with Crippen molar-refractivity contribution in [1.82, 2.24) is 35.1 Å². The lowest BCUT2D eigenvalue weighted by atomic mass is 10.1. The molecule has 0 bridgehead atoms. The second-order valence-corrected chi connectivity index (χ2v) is 6.00. The molecule has 0 spiro atoms. The third-order valence-electron chi connectivity index (χ3n) is 4.36. The van der Waals surface area contributed by atoms with E-state index >= 15 is 0 Å². The summed E-state index contributed by atoms with van der Waals surface area (Å²) in [7, 11) is 2.08. The Morgan fingerprint density at radius 3 is 2.92 bits per heavy atom. The Kier molecular flexibility index (Phi) is 5.12. The fourth-order valence-corrected chi connectivity index (χ4v) is 2.96. The highest BCUT2D eigenvalue weighted by Crippen LogP contribution is 2.25. The standard InChI is InChI=1S/C16H19N7O.ClH/c1-11-7-12(3-4-13(11)23-10-18-9-19-23)16-20-15(21-24-16)14-8-17-5-6-22(14)2;/h3-4,7,9-10,14,17H,5-6,8H2,1-2H3;1H. The van der Waals surface area contributed by atoms with Gasteiger partial charge in [0.15, 0.2) is 5.82 Å². The van der Waals surface area contributed by atoms with Gasteiger partial charge in [0.25, 0.3) is 5.89 Å². The van der Waals surface area contributed by atoms with Crippen molar-refractivity contribution in [3.63, 3.8) is 0 Å². The molecular formula is C16H20ClN7O. The van der Waals surface area contributed by atoms with Gasteiger partial charge in [0, 0.05) is 25.2 Å². The zero-order valence-electron chi connectivity index (χ0n) is 14.1. The fraction of sp³-hybridized carbons (Fsp3) is 0.375. The van der Waals surface area contributed by atoms with Crippen LogP contribution in [-0.4, -0.2) is 56.5 Å². The largest absolute Gasteiger partial charge is 0.334 e. The topological polar surface area (TPSA) is 84.9 Å². The number of rotatable bonds is 3. The molecule has 8 nitrogen and oxygen atoms in total. The molecule has 1 fully saturated rings. The summed E-state index contributed by atoms with van der Waals surface area (Å²) in [5.74, 6) is 1.26. The number of nitrogens with zero attached hydrogens (tertiary/aromatic N) is 6. The van der Waals surface area contributed by atoms with Crippen LogP contribution in [0.1, 0.15) is 17.4 Å². The molecule has 0 aliphatic carbocycles. The maximum atomic E-state index is 5.49. The van der Waals surface area contributed by atoms with Gasteiger partial charge in [0.1, 0.15) is 12.7 Å². The lowest BCUT2D eigenvalue weighted by Crippen LogP contribution is -2.44. The predicted octanol–water partition coefficient (Wildman–Crippen LogP) is 1.62. The number of hydrogen-bond donors (Lipinski definition) is 1. The van der Waals surface area contributed by atoms with Crippen LogP contribution in [-0.2, 0) is 0 Å². The van der Waals surface area contributed by atoms with E-state index in [0.29, 0.717) is 5.89 Å². The molecule has 132 valence electrons. The number of aromatic nitrogens is 5. The van der Waals surface area contributed by atoms with Crippen LogP contribution >= 0.6 is 12.4 Å². The Hall–Kier alpha value is -2.29. The van der Waals surface area contributed by atoms with Crippen molar-refractivity contribution in [3.05, 3.63) is 42.2 Å². The molecule has 25 heavy (non-hydrogen) atoms. The number of hydrogen-bond acceptors (Lipinski definition) is 7. The summed E-state index contributed by atoms with van der Waals surface area (Å²) in [6.07, 6.45) is 3.20. The summed E-state index contributed by atoms with van der Waals surface area (Å²) in [5.41, 5.74) is 2.95. The van der Waals surface area contributed by atoms with Gasteiger partial charge < -0.3 is 9.84 Å². The molecule has 1 atom stereocenters. The van der Waals surface area contributed by atoms with Crippen LogP contribution in [0, 0.1) is 6.92 Å². The van der Waals surface area contributed by atoms with Crippen molar-refractivity contribution >= 4 is 12.4 Å². The molecule has 0 saturated carbocycles. The van der Waals surface area contributed by atoms with Crippen molar-refractivity contribution in [3.8, 4) is 17.1 Å². The average molecular weight is 362 g/mol. The third kappa shape index (κ3) is 3.41. The molecule has 1 N–H and O–H groups in total. The van der Waals surface area contributed by atoms with E-state index in [9.17, 15) is 0 Å². The number of likely N-dealkylation sites (N-methyl/N-ethyl adjacent to an activating group) is 1. The third-order valence-corrected chi connectivity index (χ3v) is 4.36. The lowest BCUT2D eigenvalue weighted by Gasteiger charge is -2.30. The summed E-state index contributed by atoms with van der Waals surface area (Å²) in [4.78, 5) is 10.8. The molecule has 0 radical (unpaired) electrons. The Morgan fingerprint density at radius 1 is 1.32 bits per heavy atom. The van der Waals surface area contributed by atoms with Gasteiger partial charge in [0.2, 0.25) is 0 Å². The first kappa shape index (κ1) is 17.5. The molecule has 1 aromatic carbocycles. The van der Waals surface area contributed by atoms with E-state index in [1.807, 2.05) is 25.1 Å². The highest BCUT2D eigenvalue weighted by atomic mass is 35.5. The molecule has 0 amide bonds. The SMILES string of the molecule is Cc1cc(-c2nc(C3CNCCN3C)no2)ccc1-n1cncn1.Cl. The van der Waals surface area contributed by atoms with Gasteiger partial charge in [-0.2, -0.15) is 10.1 Å². The minimum atomic E-state index is 0. The first-order chi connectivity index (χ1) is 11.7. The Morgan fingerprint density at radius 2 is 2.20 bits per heavy atom. The normalized spacial score (nSPS) is 18.1. The van der Waals surface area contributed by atoms with Gasteiger partial charge in [-0.05, 0) is 37.7 Å². The predicted molar refractivity (Wildman–Crippen MR) is 94.9 cm³/mol. The summed E-state index contributed by atoms with van der Waals surface area (Å²) >= 11 is 0. The second-order valence-electron chi connectivity index (χ2n) is 6.00. The number of halogens is 1. The van der Waals surface area contributed by atoms with Gasteiger partial charge in [-0.1, -0.05) is 5.16 Å². The van der Waals surface area contributed by atoms with Crippen LogP contribution in [0.3, 0.4) is 0 Å². The molecule has 4 rings (SSSR count). The van der Waals surface area contributed by atoms with E-state index in [4.69, 9.17) is 4.52 Å². The monoisotopic (exact) mass is 361 g/mol. The maximum absolute atomic E-state index is 5.49. The molecule has 9 heteroatoms. The van der Waals surface area contributed by atoms with Crippen molar-refractivity contribution < 1.29 is 4.52 Å². The minimum absolute atomic E-state index is 0. The molecule has 3 heterocycles. The van der Waals surface area contributed by atoms with Crippen molar-refractivity contribution in [2.75, 3.05) is 26.7 Å². The number of nitrogens with one attached hydrogen (secondary N) is 1. The number of piperazine rings is 1. The van der Waals surface area contributed by atoms with Crippen LogP contribution in [0.25, 0.3) is 17.1 Å². The smallest absolute Gasteiger partial charge is 0.257 e. The van der Waals surface area contributed by atoms with Crippen LogP contribution in [0.4, 0.5) is 0 Å². The average Bonchev–Trinajstić information content (AvgIpc) is 3.27. The zero-order valence-corrected chi connectivity index (χ0v) is 14.9.